The summed E-state index contributed by atoms with van der Waals surface area (Å²) in [6.45, 7) is 76.9. The number of hydrogen-bond acceptors (Lipinski definition) is 14. The number of esters is 7. The third-order valence-corrected chi connectivity index (χ3v) is 39.2. The second-order valence-electron chi connectivity index (χ2n) is 48.5. The van der Waals surface area contributed by atoms with Gasteiger partial charge in [0.15, 0.2) is 0 Å². The van der Waals surface area contributed by atoms with E-state index in [-0.39, 0.29) is 164 Å². The van der Waals surface area contributed by atoms with Gasteiger partial charge < -0.3 is 33.2 Å². The molecule has 19 unspecified atom stereocenters. The van der Waals surface area contributed by atoms with E-state index in [1.165, 1.54) is 135 Å². The molecule has 121 heavy (non-hydrogen) atoms. The van der Waals surface area contributed by atoms with Crippen molar-refractivity contribution >= 4 is 41.8 Å². The Morgan fingerprint density at radius 3 is 0.909 bits per heavy atom. The first-order valence-corrected chi connectivity index (χ1v) is 50.1. The van der Waals surface area contributed by atoms with Gasteiger partial charge in [0.2, 0.25) is 0 Å². The molecule has 12 aliphatic rings. The van der Waals surface area contributed by atoms with Gasteiger partial charge in [-0.05, 0) is 335 Å². The van der Waals surface area contributed by atoms with E-state index < -0.39 is 0 Å². The number of carbonyl (C=O) groups excluding carboxylic acids is 7. The Balaban J connectivity index is 0.000000219. The van der Waals surface area contributed by atoms with Gasteiger partial charge in [-0.25, -0.2) is 0 Å². The summed E-state index contributed by atoms with van der Waals surface area (Å²) in [6, 6.07) is 0. The van der Waals surface area contributed by atoms with Gasteiger partial charge in [-0.2, -0.15) is 0 Å². The van der Waals surface area contributed by atoms with Gasteiger partial charge in [-0.1, -0.05) is 192 Å². The maximum atomic E-state index is 12.5. The zero-order valence-electron chi connectivity index (χ0n) is 85.4. The standard InChI is InChI=1S/2C17H30O2.2C16H28O2.C14H24O2.C14H26O2.C13H24O2/c1-8-14(2,3)13(18)19-17(7)11-12-9-10-16(17,6)15(12,4)5;1-8-14(2,3)13(18)19-17(7)15(4,5)12-9-10-16(17,6)11-12;1-7-11(2)13(17)18-16(6)10-12-8-9-15(16,5)14(12,3)4;1-7-11(2)13(17)18-16(6)14(3,4)12-8-9-15(16,5)10-12;1-4-10(3)13(15)16-14(5-2)9-11-6-7-12(14)8-11;1-5-13(2,3)12(15)16-14(4)10-8-6-7-9-11-14;1-4-11(2)12(14)15-13(3)9-7-5-6-8-10-13/h2*12H,8-11H2,1-7H3;2*11-12H,7-10H2,1-6H3;10-12H,4-9H2,1-3H3;5-11H2,1-4H3;11H,4-10H2,1-3H3. The third kappa shape index (κ3) is 21.3. The molecule has 12 rings (SSSR count). The van der Waals surface area contributed by atoms with E-state index in [1.54, 1.807) is 0 Å². The molecule has 0 N–H and O–H groups in total. The molecule has 0 aromatic heterocycles. The number of hydrogen-bond donors (Lipinski definition) is 0. The van der Waals surface area contributed by atoms with Gasteiger partial charge in [-0.3, -0.25) is 33.6 Å². The van der Waals surface area contributed by atoms with Crippen LogP contribution >= 0.6 is 0 Å². The van der Waals surface area contributed by atoms with E-state index in [4.69, 9.17) is 33.2 Å². The molecule has 0 aromatic rings. The highest BCUT2D eigenvalue weighted by atomic mass is 16.6. The summed E-state index contributed by atoms with van der Waals surface area (Å²) in [7, 11) is 0. The normalized spacial score (nSPS) is 36.2. The first-order chi connectivity index (χ1) is 55.4. The van der Waals surface area contributed by atoms with Crippen LogP contribution in [0.1, 0.15) is 480 Å². The Labute approximate surface area is 742 Å². The van der Waals surface area contributed by atoms with Crippen molar-refractivity contribution in [3.63, 3.8) is 0 Å². The predicted molar refractivity (Wildman–Crippen MR) is 494 cm³/mol. The van der Waals surface area contributed by atoms with Crippen LogP contribution in [0.4, 0.5) is 0 Å². The molecule has 14 heteroatoms. The van der Waals surface area contributed by atoms with Crippen molar-refractivity contribution in [2.24, 2.45) is 119 Å². The summed E-state index contributed by atoms with van der Waals surface area (Å²) in [4.78, 5) is 85.1. The fraction of sp³-hybridized carbons (Fsp3) is 0.935. The highest BCUT2D eigenvalue weighted by molar-refractivity contribution is 5.78. The van der Waals surface area contributed by atoms with Crippen molar-refractivity contribution < 1.29 is 66.7 Å². The van der Waals surface area contributed by atoms with E-state index in [1.807, 2.05) is 104 Å². The van der Waals surface area contributed by atoms with Crippen molar-refractivity contribution in [3.05, 3.63) is 0 Å². The Hall–Kier alpha value is -3.71. The van der Waals surface area contributed by atoms with Crippen molar-refractivity contribution in [1.82, 2.24) is 0 Å². The quantitative estimate of drug-likeness (QED) is 0.0566. The van der Waals surface area contributed by atoms with Crippen LogP contribution in [0.2, 0.25) is 0 Å². The Morgan fingerprint density at radius 1 is 0.306 bits per heavy atom. The number of ether oxygens (including phenoxy) is 7. The van der Waals surface area contributed by atoms with Gasteiger partial charge in [0.1, 0.15) is 39.2 Å². The van der Waals surface area contributed by atoms with Crippen molar-refractivity contribution in [3.8, 4) is 0 Å². The number of carbonyl (C=O) groups is 7. The predicted octanol–water partition coefficient (Wildman–Crippen LogP) is 28.8. The lowest BCUT2D eigenvalue weighted by Crippen LogP contribution is -2.55. The zero-order chi connectivity index (χ0) is 92.2. The molecule has 0 heterocycles. The molecule has 0 radical (unpaired) electrons. The molecule has 12 fully saturated rings. The van der Waals surface area contributed by atoms with Crippen LogP contribution in [-0.4, -0.2) is 81.0 Å². The van der Waals surface area contributed by atoms with Crippen molar-refractivity contribution in [1.29, 1.82) is 0 Å². The monoisotopic (exact) mass is 1700 g/mol. The Kier molecular flexibility index (Phi) is 34.5. The van der Waals surface area contributed by atoms with Crippen LogP contribution in [0.3, 0.4) is 0 Å². The first-order valence-electron chi connectivity index (χ1n) is 50.1. The maximum absolute atomic E-state index is 12.5. The third-order valence-electron chi connectivity index (χ3n) is 39.2. The number of rotatable bonds is 22. The summed E-state index contributed by atoms with van der Waals surface area (Å²) < 4.78 is 41.6. The van der Waals surface area contributed by atoms with Crippen LogP contribution in [0, 0.1) is 119 Å². The summed E-state index contributed by atoms with van der Waals surface area (Å²) >= 11 is 0. The maximum Gasteiger partial charge on any atom is 0.312 e. The molecular weight excluding hydrogens is 1510 g/mol. The topological polar surface area (TPSA) is 184 Å². The highest BCUT2D eigenvalue weighted by Crippen LogP contribution is 2.74. The molecule has 0 aromatic carbocycles. The molecular formula is C107H190O14. The van der Waals surface area contributed by atoms with E-state index in [2.05, 4.69) is 145 Å². The molecule has 12 saturated carbocycles. The van der Waals surface area contributed by atoms with Crippen LogP contribution in [0.5, 0.6) is 0 Å². The summed E-state index contributed by atoms with van der Waals surface area (Å²) in [5.74, 6) is 4.33. The van der Waals surface area contributed by atoms with Crippen LogP contribution in [0.25, 0.3) is 0 Å². The molecule has 0 saturated heterocycles. The van der Waals surface area contributed by atoms with Gasteiger partial charge in [0.05, 0.1) is 39.9 Å². The van der Waals surface area contributed by atoms with Crippen molar-refractivity contribution in [2.45, 2.75) is 520 Å². The van der Waals surface area contributed by atoms with Gasteiger partial charge >= 0.3 is 41.8 Å². The SMILES string of the molecule is CCC(C)(C)C(=O)OC1(C)C2(C)CCC(C2)C1(C)C.CCC(C)(C)C(=O)OC1(C)CC2CCC1(C)C2(C)C.CCC(C)(C)C(=O)OC1(C)CCCCCC1.CCC(C)C(=O)OC1(C)C2(C)CCC(C2)C1(C)C.CCC(C)C(=O)OC1(C)CC2CCC1(C)C2(C)C.CCC(C)C(=O)OC1(C)CCCCCC1.CCC(C)C(=O)OC1(CC)CC2CCC1C2. The summed E-state index contributed by atoms with van der Waals surface area (Å²) in [5.41, 5.74) is -1.43. The molecule has 0 spiro atoms. The smallest absolute Gasteiger partial charge is 0.312 e. The molecule has 19 atom stereocenters. The van der Waals surface area contributed by atoms with Gasteiger partial charge in [0.25, 0.3) is 0 Å². The molecule has 702 valence electrons. The summed E-state index contributed by atoms with van der Waals surface area (Å²) in [5, 5.41) is 0. The van der Waals surface area contributed by atoms with Crippen molar-refractivity contribution in [2.75, 3.05) is 0 Å². The average molecular weight is 1700 g/mol. The number of fused-ring (bicyclic) bond motifs is 10. The van der Waals surface area contributed by atoms with E-state index >= 15 is 0 Å². The lowest BCUT2D eigenvalue weighted by atomic mass is 9.61. The van der Waals surface area contributed by atoms with Crippen LogP contribution in [-0.2, 0) is 66.7 Å². The van der Waals surface area contributed by atoms with Gasteiger partial charge in [-0.15, -0.1) is 0 Å². The highest BCUT2D eigenvalue weighted by Gasteiger charge is 2.73. The van der Waals surface area contributed by atoms with Crippen LogP contribution < -0.4 is 0 Å². The van der Waals surface area contributed by atoms with E-state index in [0.717, 1.165) is 102 Å². The fourth-order valence-electron chi connectivity index (χ4n) is 24.5. The Bertz CT molecular complexity index is 3450. The van der Waals surface area contributed by atoms with E-state index in [9.17, 15) is 33.6 Å². The minimum absolute atomic E-state index is 0.00965. The summed E-state index contributed by atoms with van der Waals surface area (Å²) in [6.07, 6.45) is 40.4. The largest absolute Gasteiger partial charge is 0.459 e. The lowest BCUT2D eigenvalue weighted by molar-refractivity contribution is -0.202. The molecule has 10 bridgehead atoms. The molecule has 0 amide bonds. The minimum atomic E-state index is -0.378. The zero-order valence-corrected chi connectivity index (χ0v) is 85.4. The molecule has 0 aliphatic heterocycles. The van der Waals surface area contributed by atoms with E-state index in [0.29, 0.717) is 29.6 Å². The fourth-order valence-corrected chi connectivity index (χ4v) is 24.5. The second kappa shape index (κ2) is 39.3. The molecule has 14 nitrogen and oxygen atoms in total. The lowest BCUT2D eigenvalue weighted by Gasteiger charge is -2.51. The second-order valence-corrected chi connectivity index (χ2v) is 48.5. The van der Waals surface area contributed by atoms with Gasteiger partial charge in [0, 0.05) is 32.5 Å². The first kappa shape index (κ1) is 106. The Morgan fingerprint density at radius 2 is 0.612 bits per heavy atom. The average Bonchev–Trinajstić information content (AvgIpc) is 1.55. The minimum Gasteiger partial charge on any atom is -0.459 e. The molecule has 12 aliphatic carbocycles. The van der Waals surface area contributed by atoms with Crippen LogP contribution in [0.15, 0.2) is 0 Å².